The Bertz CT molecular complexity index is 524. The first-order chi connectivity index (χ1) is 7.09. The fourth-order valence-electron chi connectivity index (χ4n) is 1.18. The molecule has 0 spiro atoms. The smallest absolute Gasteiger partial charge is 0.326 e. The lowest BCUT2D eigenvalue weighted by atomic mass is 10.2. The third-order valence-electron chi connectivity index (χ3n) is 1.93. The molecular formula is C8H7BrN4O2. The Morgan fingerprint density at radius 3 is 3.00 bits per heavy atom. The van der Waals surface area contributed by atoms with Crippen LogP contribution in [0.1, 0.15) is 11.7 Å². The number of imidazole rings is 1. The van der Waals surface area contributed by atoms with E-state index in [1.54, 1.807) is 16.8 Å². The highest BCUT2D eigenvalue weighted by molar-refractivity contribution is 9.10. The zero-order valence-electron chi connectivity index (χ0n) is 7.46. The lowest BCUT2D eigenvalue weighted by Crippen LogP contribution is -2.20. The van der Waals surface area contributed by atoms with Crippen LogP contribution < -0.4 is 5.73 Å². The molecule has 2 aromatic heterocycles. The molecule has 0 saturated heterocycles. The number of nitrogens with zero attached hydrogens (tertiary/aromatic N) is 3. The summed E-state index contributed by atoms with van der Waals surface area (Å²) >= 11 is 3.26. The van der Waals surface area contributed by atoms with E-state index in [1.807, 2.05) is 0 Å². The van der Waals surface area contributed by atoms with Gasteiger partial charge in [0.15, 0.2) is 5.65 Å². The average molecular weight is 271 g/mol. The van der Waals surface area contributed by atoms with Crippen molar-refractivity contribution in [2.45, 2.75) is 6.04 Å². The SMILES string of the molecule is NC(C(=O)O)c1cn2cncc(Br)c2n1. The summed E-state index contributed by atoms with van der Waals surface area (Å²) in [6, 6.07) is -1.11. The molecule has 0 aromatic carbocycles. The lowest BCUT2D eigenvalue weighted by molar-refractivity contribution is -0.138. The van der Waals surface area contributed by atoms with Gasteiger partial charge in [-0.2, -0.15) is 0 Å². The van der Waals surface area contributed by atoms with E-state index in [1.165, 1.54) is 6.33 Å². The van der Waals surface area contributed by atoms with E-state index in [-0.39, 0.29) is 0 Å². The van der Waals surface area contributed by atoms with Crippen LogP contribution in [0.4, 0.5) is 0 Å². The zero-order valence-corrected chi connectivity index (χ0v) is 9.05. The minimum atomic E-state index is -1.11. The number of carbonyl (C=O) groups is 1. The molecule has 0 bridgehead atoms. The summed E-state index contributed by atoms with van der Waals surface area (Å²) in [5, 5.41) is 8.73. The summed E-state index contributed by atoms with van der Waals surface area (Å²) < 4.78 is 2.30. The lowest BCUT2D eigenvalue weighted by Gasteiger charge is -1.99. The van der Waals surface area contributed by atoms with E-state index >= 15 is 0 Å². The van der Waals surface area contributed by atoms with Crippen molar-refractivity contribution in [1.82, 2.24) is 14.4 Å². The molecule has 0 amide bonds. The van der Waals surface area contributed by atoms with Gasteiger partial charge in [0, 0.05) is 12.4 Å². The number of halogens is 1. The standard InChI is InChI=1S/C8H7BrN4O2/c9-4-1-11-3-13-2-5(12-7(4)13)6(10)8(14)15/h1-3,6H,10H2,(H,14,15). The molecule has 0 aliphatic rings. The third kappa shape index (κ3) is 1.71. The van der Waals surface area contributed by atoms with Crippen LogP contribution in [0.3, 0.4) is 0 Å². The molecule has 2 heterocycles. The number of hydrogen-bond acceptors (Lipinski definition) is 4. The summed E-state index contributed by atoms with van der Waals surface area (Å²) in [5.41, 5.74) is 6.34. The predicted molar refractivity (Wildman–Crippen MR) is 55.3 cm³/mol. The van der Waals surface area contributed by atoms with E-state index in [0.717, 1.165) is 0 Å². The first-order valence-electron chi connectivity index (χ1n) is 4.06. The molecule has 0 aliphatic carbocycles. The molecule has 6 nitrogen and oxygen atoms in total. The van der Waals surface area contributed by atoms with Gasteiger partial charge in [0.05, 0.1) is 10.2 Å². The van der Waals surface area contributed by atoms with Gasteiger partial charge in [-0.3, -0.25) is 9.20 Å². The monoisotopic (exact) mass is 270 g/mol. The van der Waals surface area contributed by atoms with Crippen LogP contribution in [0.15, 0.2) is 23.2 Å². The number of fused-ring (bicyclic) bond motifs is 1. The number of rotatable bonds is 2. The first kappa shape index (κ1) is 10.1. The van der Waals surface area contributed by atoms with E-state index in [9.17, 15) is 4.79 Å². The second-order valence-corrected chi connectivity index (χ2v) is 3.81. The maximum absolute atomic E-state index is 10.7. The Morgan fingerprint density at radius 2 is 2.40 bits per heavy atom. The molecule has 0 aliphatic heterocycles. The highest BCUT2D eigenvalue weighted by Crippen LogP contribution is 2.18. The van der Waals surface area contributed by atoms with Crippen molar-refractivity contribution in [3.63, 3.8) is 0 Å². The van der Waals surface area contributed by atoms with E-state index in [2.05, 4.69) is 25.9 Å². The average Bonchev–Trinajstić information content (AvgIpc) is 2.61. The Labute approximate surface area is 92.9 Å². The molecule has 1 unspecified atom stereocenters. The van der Waals surface area contributed by atoms with E-state index in [4.69, 9.17) is 10.8 Å². The second-order valence-electron chi connectivity index (χ2n) is 2.95. The molecule has 0 radical (unpaired) electrons. The van der Waals surface area contributed by atoms with Crippen molar-refractivity contribution in [2.75, 3.05) is 0 Å². The van der Waals surface area contributed by atoms with Crippen molar-refractivity contribution in [2.24, 2.45) is 5.73 Å². The van der Waals surface area contributed by atoms with Crippen molar-refractivity contribution in [3.05, 3.63) is 28.9 Å². The van der Waals surface area contributed by atoms with Gasteiger partial charge in [0.1, 0.15) is 12.4 Å². The number of aromatic nitrogens is 3. The topological polar surface area (TPSA) is 93.5 Å². The Morgan fingerprint density at radius 1 is 1.67 bits per heavy atom. The highest BCUT2D eigenvalue weighted by atomic mass is 79.9. The van der Waals surface area contributed by atoms with Crippen LogP contribution in [0, 0.1) is 0 Å². The predicted octanol–water partition coefficient (Wildman–Crippen LogP) is 0.576. The fourth-order valence-corrected chi connectivity index (χ4v) is 1.59. The van der Waals surface area contributed by atoms with Crippen molar-refractivity contribution in [3.8, 4) is 0 Å². The molecule has 3 N–H and O–H groups in total. The van der Waals surface area contributed by atoms with E-state index in [0.29, 0.717) is 15.8 Å². The summed E-state index contributed by atoms with van der Waals surface area (Å²) in [5.74, 6) is -1.11. The van der Waals surface area contributed by atoms with Crippen molar-refractivity contribution < 1.29 is 9.90 Å². The maximum atomic E-state index is 10.7. The molecular weight excluding hydrogens is 264 g/mol. The zero-order chi connectivity index (χ0) is 11.0. The number of aliphatic carboxylic acids is 1. The van der Waals surface area contributed by atoms with Crippen LogP contribution >= 0.6 is 15.9 Å². The summed E-state index contributed by atoms with van der Waals surface area (Å²) in [6.07, 6.45) is 4.66. The van der Waals surface area contributed by atoms with Gasteiger partial charge in [-0.25, -0.2) is 9.97 Å². The van der Waals surface area contributed by atoms with Crippen LogP contribution in [-0.4, -0.2) is 25.4 Å². The molecule has 2 rings (SSSR count). The van der Waals surface area contributed by atoms with Crippen LogP contribution in [-0.2, 0) is 4.79 Å². The Hall–Kier alpha value is -1.47. The molecule has 0 fully saturated rings. The largest absolute Gasteiger partial charge is 0.480 e. The number of carboxylic acid groups (broad SMARTS) is 1. The molecule has 7 heteroatoms. The Kier molecular flexibility index (Phi) is 2.41. The van der Waals surface area contributed by atoms with Gasteiger partial charge in [-0.05, 0) is 15.9 Å². The van der Waals surface area contributed by atoms with E-state index < -0.39 is 12.0 Å². The number of hydrogen-bond donors (Lipinski definition) is 2. The third-order valence-corrected chi connectivity index (χ3v) is 2.49. The van der Waals surface area contributed by atoms with Crippen LogP contribution in [0.25, 0.3) is 5.65 Å². The molecule has 15 heavy (non-hydrogen) atoms. The quantitative estimate of drug-likeness (QED) is 0.833. The molecule has 2 aromatic rings. The molecule has 78 valence electrons. The normalized spacial score (nSPS) is 12.9. The first-order valence-corrected chi connectivity index (χ1v) is 4.85. The fraction of sp³-hybridized carbons (Fsp3) is 0.125. The number of carboxylic acids is 1. The van der Waals surface area contributed by atoms with Gasteiger partial charge < -0.3 is 10.8 Å². The highest BCUT2D eigenvalue weighted by Gasteiger charge is 2.18. The minimum absolute atomic E-state index is 0.302. The van der Waals surface area contributed by atoms with Crippen LogP contribution in [0.5, 0.6) is 0 Å². The van der Waals surface area contributed by atoms with Gasteiger partial charge in [-0.15, -0.1) is 0 Å². The maximum Gasteiger partial charge on any atom is 0.326 e. The van der Waals surface area contributed by atoms with Gasteiger partial charge >= 0.3 is 5.97 Å². The van der Waals surface area contributed by atoms with Crippen molar-refractivity contribution in [1.29, 1.82) is 0 Å². The summed E-state index contributed by atoms with van der Waals surface area (Å²) in [6.45, 7) is 0. The second kappa shape index (κ2) is 3.59. The van der Waals surface area contributed by atoms with Gasteiger partial charge in [0.2, 0.25) is 0 Å². The van der Waals surface area contributed by atoms with Gasteiger partial charge in [0.25, 0.3) is 0 Å². The number of nitrogens with two attached hydrogens (primary N) is 1. The Balaban J connectivity index is 2.56. The molecule has 0 saturated carbocycles. The molecule has 1 atom stereocenters. The minimum Gasteiger partial charge on any atom is -0.480 e. The summed E-state index contributed by atoms with van der Waals surface area (Å²) in [4.78, 5) is 18.7. The van der Waals surface area contributed by atoms with Crippen molar-refractivity contribution >= 4 is 27.5 Å². The van der Waals surface area contributed by atoms with Crippen LogP contribution in [0.2, 0.25) is 0 Å². The van der Waals surface area contributed by atoms with Gasteiger partial charge in [-0.1, -0.05) is 0 Å². The summed E-state index contributed by atoms with van der Waals surface area (Å²) in [7, 11) is 0.